The zero-order valence-corrected chi connectivity index (χ0v) is 17.4. The van der Waals surface area contributed by atoms with Crippen LogP contribution < -0.4 is 9.64 Å². The van der Waals surface area contributed by atoms with Gasteiger partial charge in [-0.25, -0.2) is 4.98 Å². The van der Waals surface area contributed by atoms with Crippen molar-refractivity contribution in [2.75, 3.05) is 18.5 Å². The van der Waals surface area contributed by atoms with E-state index in [9.17, 15) is 4.79 Å². The van der Waals surface area contributed by atoms with Crippen LogP contribution in [0.1, 0.15) is 52.9 Å². The highest BCUT2D eigenvalue weighted by molar-refractivity contribution is 5.82. The fraction of sp³-hybridized carbons (Fsp3) is 0.565. The van der Waals surface area contributed by atoms with Gasteiger partial charge in [-0.2, -0.15) is 0 Å². The van der Waals surface area contributed by atoms with Crippen molar-refractivity contribution in [2.45, 2.75) is 59.0 Å². The molecule has 0 aliphatic heterocycles. The summed E-state index contributed by atoms with van der Waals surface area (Å²) >= 11 is 0. The van der Waals surface area contributed by atoms with Gasteiger partial charge in [0.25, 0.3) is 0 Å². The van der Waals surface area contributed by atoms with Crippen LogP contribution in [-0.4, -0.2) is 35.8 Å². The Kier molecular flexibility index (Phi) is 6.11. The summed E-state index contributed by atoms with van der Waals surface area (Å²) in [5.41, 5.74) is 1.28. The molecule has 1 N–H and O–H groups in total. The number of ether oxygens (including phenoxy) is 1. The molecule has 1 aromatic carbocycles. The minimum absolute atomic E-state index is 0.0977. The summed E-state index contributed by atoms with van der Waals surface area (Å²) in [6, 6.07) is 9.99. The fourth-order valence-corrected chi connectivity index (χ4v) is 4.00. The van der Waals surface area contributed by atoms with Crippen LogP contribution in [0.3, 0.4) is 0 Å². The Morgan fingerprint density at radius 2 is 1.89 bits per heavy atom. The Bertz CT molecular complexity index is 820. The predicted molar refractivity (Wildman–Crippen MR) is 113 cm³/mol. The molecule has 0 radical (unpaired) electrons. The van der Waals surface area contributed by atoms with Crippen LogP contribution in [0, 0.1) is 11.3 Å². The summed E-state index contributed by atoms with van der Waals surface area (Å²) in [4.78, 5) is 17.3. The maximum absolute atomic E-state index is 10.8. The second-order valence-electron chi connectivity index (χ2n) is 9.05. The van der Waals surface area contributed by atoms with Crippen LogP contribution in [0.5, 0.6) is 5.75 Å². The number of anilines is 1. The van der Waals surface area contributed by atoms with E-state index < -0.39 is 5.97 Å². The molecule has 0 spiro atoms. The first-order chi connectivity index (χ1) is 13.2. The molecule has 1 aliphatic rings. The van der Waals surface area contributed by atoms with Crippen LogP contribution >= 0.6 is 0 Å². The number of hydrogen-bond acceptors (Lipinski definition) is 4. The maximum Gasteiger partial charge on any atom is 0.305 e. The molecule has 0 unspecified atom stereocenters. The van der Waals surface area contributed by atoms with Gasteiger partial charge in [-0.3, -0.25) is 4.79 Å². The van der Waals surface area contributed by atoms with Gasteiger partial charge in [0.15, 0.2) is 0 Å². The number of nitrogens with zero attached hydrogens (tertiary/aromatic N) is 2. The predicted octanol–water partition coefficient (Wildman–Crippen LogP) is 5.13. The van der Waals surface area contributed by atoms with E-state index >= 15 is 0 Å². The molecule has 1 fully saturated rings. The lowest BCUT2D eigenvalue weighted by atomic mass is 9.72. The first-order valence-corrected chi connectivity index (χ1v) is 10.2. The number of aliphatic carboxylic acids is 1. The van der Waals surface area contributed by atoms with Crippen molar-refractivity contribution in [3.8, 4) is 5.75 Å². The summed E-state index contributed by atoms with van der Waals surface area (Å²) < 4.78 is 6.26. The normalized spacial score (nSPS) is 20.1. The monoisotopic (exact) mass is 384 g/mol. The number of carbonyl (C=O) groups is 1. The first-order valence-electron chi connectivity index (χ1n) is 10.2. The number of pyridine rings is 1. The summed E-state index contributed by atoms with van der Waals surface area (Å²) in [7, 11) is 1.86. The molecular weight excluding hydrogens is 352 g/mol. The third-order valence-electron chi connectivity index (χ3n) is 5.90. The number of carboxylic acid groups (broad SMARTS) is 1. The van der Waals surface area contributed by atoms with Gasteiger partial charge in [0, 0.05) is 19.0 Å². The van der Waals surface area contributed by atoms with Gasteiger partial charge in [0.2, 0.25) is 0 Å². The lowest BCUT2D eigenvalue weighted by Crippen LogP contribution is -2.30. The second-order valence-corrected chi connectivity index (χ2v) is 9.05. The average molecular weight is 385 g/mol. The van der Waals surface area contributed by atoms with Crippen LogP contribution in [0.15, 0.2) is 30.3 Å². The molecule has 1 heterocycles. The third kappa shape index (κ3) is 5.15. The van der Waals surface area contributed by atoms with Crippen molar-refractivity contribution < 1.29 is 14.6 Å². The van der Waals surface area contributed by atoms with Crippen LogP contribution in [-0.2, 0) is 4.79 Å². The van der Waals surface area contributed by atoms with E-state index in [2.05, 4.69) is 31.8 Å². The fourth-order valence-electron chi connectivity index (χ4n) is 4.00. The van der Waals surface area contributed by atoms with Crippen LogP contribution in [0.25, 0.3) is 10.9 Å². The highest BCUT2D eigenvalue weighted by Crippen LogP contribution is 2.39. The summed E-state index contributed by atoms with van der Waals surface area (Å²) in [5.74, 6) is 1.67. The van der Waals surface area contributed by atoms with Gasteiger partial charge in [-0.15, -0.1) is 0 Å². The van der Waals surface area contributed by atoms with E-state index in [1.54, 1.807) is 0 Å². The number of carboxylic acids is 1. The van der Waals surface area contributed by atoms with Crippen LogP contribution in [0.2, 0.25) is 0 Å². The molecule has 28 heavy (non-hydrogen) atoms. The molecule has 1 saturated carbocycles. The number of rotatable bonds is 6. The van der Waals surface area contributed by atoms with E-state index in [4.69, 9.17) is 9.84 Å². The van der Waals surface area contributed by atoms with Gasteiger partial charge >= 0.3 is 5.97 Å². The average Bonchev–Trinajstić information content (AvgIpc) is 2.65. The Morgan fingerprint density at radius 1 is 1.18 bits per heavy atom. The zero-order valence-electron chi connectivity index (χ0n) is 17.4. The molecular formula is C23H32N2O3. The topological polar surface area (TPSA) is 62.7 Å². The molecule has 152 valence electrons. The largest absolute Gasteiger partial charge is 0.490 e. The van der Waals surface area contributed by atoms with Crippen molar-refractivity contribution in [2.24, 2.45) is 11.3 Å². The molecule has 0 atom stereocenters. The van der Waals surface area contributed by atoms with Crippen molar-refractivity contribution in [3.05, 3.63) is 30.3 Å². The molecule has 0 amide bonds. The number of fused-ring (bicyclic) bond motifs is 1. The van der Waals surface area contributed by atoms with E-state index in [1.165, 1.54) is 12.8 Å². The molecule has 5 heteroatoms. The number of hydrogen-bond donors (Lipinski definition) is 1. The van der Waals surface area contributed by atoms with E-state index in [0.29, 0.717) is 18.1 Å². The zero-order chi connectivity index (χ0) is 20.3. The van der Waals surface area contributed by atoms with Crippen molar-refractivity contribution in [3.63, 3.8) is 0 Å². The van der Waals surface area contributed by atoms with Gasteiger partial charge in [-0.1, -0.05) is 20.8 Å². The Hall–Kier alpha value is -2.30. The summed E-state index contributed by atoms with van der Waals surface area (Å²) in [6.07, 6.45) is 5.09. The number of aromatic nitrogens is 1. The van der Waals surface area contributed by atoms with E-state index in [0.717, 1.165) is 41.2 Å². The standard InChI is InChI=1S/C23H32N2O3/c1-23(2,3)17-6-8-18(9-7-17)28-19-10-11-20-16(15-19)5-12-21(24-20)25(4)14-13-22(26)27/h5,10-12,15,17-18H,6-9,13-14H2,1-4H3,(H,26,27). The van der Waals surface area contributed by atoms with Crippen molar-refractivity contribution in [1.82, 2.24) is 4.98 Å². The SMILES string of the molecule is CN(CCC(=O)O)c1ccc2cc(OC3CCC(C(C)(C)C)CC3)ccc2n1. The van der Waals surface area contributed by atoms with Crippen molar-refractivity contribution in [1.29, 1.82) is 0 Å². The Balaban J connectivity index is 1.63. The quantitative estimate of drug-likeness (QED) is 0.748. The van der Waals surface area contributed by atoms with E-state index in [-0.39, 0.29) is 6.42 Å². The number of benzene rings is 1. The van der Waals surface area contributed by atoms with E-state index in [1.807, 2.05) is 36.2 Å². The Labute approximate surface area is 167 Å². The molecule has 0 bridgehead atoms. The molecule has 1 aromatic heterocycles. The van der Waals surface area contributed by atoms with Gasteiger partial charge in [0.1, 0.15) is 11.6 Å². The highest BCUT2D eigenvalue weighted by atomic mass is 16.5. The smallest absolute Gasteiger partial charge is 0.305 e. The lowest BCUT2D eigenvalue weighted by Gasteiger charge is -2.36. The molecule has 2 aromatic rings. The highest BCUT2D eigenvalue weighted by Gasteiger charge is 2.30. The second kappa shape index (κ2) is 8.38. The lowest BCUT2D eigenvalue weighted by molar-refractivity contribution is -0.136. The third-order valence-corrected chi connectivity index (χ3v) is 5.90. The molecule has 1 aliphatic carbocycles. The summed E-state index contributed by atoms with van der Waals surface area (Å²) in [6.45, 7) is 7.44. The maximum atomic E-state index is 10.8. The van der Waals surface area contributed by atoms with Gasteiger partial charge in [-0.05, 0) is 67.3 Å². The molecule has 5 nitrogen and oxygen atoms in total. The molecule has 0 saturated heterocycles. The van der Waals surface area contributed by atoms with Gasteiger partial charge < -0.3 is 14.7 Å². The van der Waals surface area contributed by atoms with Crippen LogP contribution in [0.4, 0.5) is 5.82 Å². The Morgan fingerprint density at radius 3 is 2.54 bits per heavy atom. The minimum atomic E-state index is -0.800. The molecule has 3 rings (SSSR count). The van der Waals surface area contributed by atoms with Crippen molar-refractivity contribution >= 4 is 22.7 Å². The summed E-state index contributed by atoms with van der Waals surface area (Å²) in [5, 5.41) is 9.88. The minimum Gasteiger partial charge on any atom is -0.490 e. The van der Waals surface area contributed by atoms with Gasteiger partial charge in [0.05, 0.1) is 18.0 Å². The first kappa shape index (κ1) is 20.4.